The minimum Gasteiger partial charge on any atom is -0.486 e. The number of anilines is 1. The molecule has 1 saturated heterocycles. The molecule has 0 aliphatic carbocycles. The maximum Gasteiger partial charge on any atom is 0.202 e. The molecule has 1 unspecified atom stereocenters. The van der Waals surface area contributed by atoms with Gasteiger partial charge in [0.25, 0.3) is 0 Å². The summed E-state index contributed by atoms with van der Waals surface area (Å²) in [6.07, 6.45) is 2.91. The van der Waals surface area contributed by atoms with E-state index in [2.05, 4.69) is 0 Å². The Morgan fingerprint density at radius 3 is 2.88 bits per heavy atom. The summed E-state index contributed by atoms with van der Waals surface area (Å²) >= 11 is 0. The van der Waals surface area contributed by atoms with Crippen LogP contribution >= 0.6 is 0 Å². The lowest BCUT2D eigenvalue weighted by molar-refractivity contribution is -0.0116. The van der Waals surface area contributed by atoms with E-state index in [1.54, 1.807) is 0 Å². The van der Waals surface area contributed by atoms with E-state index in [-0.39, 0.29) is 24.1 Å². The summed E-state index contributed by atoms with van der Waals surface area (Å²) in [6.45, 7) is 0.889. The number of benzene rings is 1. The van der Waals surface area contributed by atoms with E-state index < -0.39 is 11.6 Å². The van der Waals surface area contributed by atoms with E-state index in [1.165, 1.54) is 6.07 Å². The molecule has 0 spiro atoms. The topological polar surface area (TPSA) is 44.5 Å². The normalized spacial score (nSPS) is 20.2. The summed E-state index contributed by atoms with van der Waals surface area (Å²) in [5.41, 5.74) is 5.63. The molecule has 5 heteroatoms. The monoisotopic (exact) mass is 243 g/mol. The third-order valence-corrected chi connectivity index (χ3v) is 2.77. The van der Waals surface area contributed by atoms with Gasteiger partial charge in [0, 0.05) is 6.61 Å². The number of hydrogen-bond acceptors (Lipinski definition) is 3. The van der Waals surface area contributed by atoms with Crippen molar-refractivity contribution in [2.24, 2.45) is 0 Å². The smallest absolute Gasteiger partial charge is 0.202 e. The molecule has 0 bridgehead atoms. The zero-order valence-electron chi connectivity index (χ0n) is 9.42. The van der Waals surface area contributed by atoms with Gasteiger partial charge in [-0.1, -0.05) is 0 Å². The van der Waals surface area contributed by atoms with Gasteiger partial charge in [-0.25, -0.2) is 4.39 Å². The summed E-state index contributed by atoms with van der Waals surface area (Å²) < 4.78 is 37.0. The molecule has 1 aliphatic rings. The van der Waals surface area contributed by atoms with Gasteiger partial charge in [-0.2, -0.15) is 4.39 Å². The second-order valence-electron chi connectivity index (χ2n) is 4.08. The van der Waals surface area contributed by atoms with Crippen molar-refractivity contribution in [1.82, 2.24) is 0 Å². The maximum absolute atomic E-state index is 13.4. The van der Waals surface area contributed by atoms with Crippen molar-refractivity contribution in [2.75, 3.05) is 18.9 Å². The molecular weight excluding hydrogens is 228 g/mol. The summed E-state index contributed by atoms with van der Waals surface area (Å²) in [7, 11) is 0. The van der Waals surface area contributed by atoms with Gasteiger partial charge in [-0.3, -0.25) is 0 Å². The molecule has 1 aromatic rings. The number of hydrogen-bond donors (Lipinski definition) is 1. The van der Waals surface area contributed by atoms with Gasteiger partial charge in [0.15, 0.2) is 11.6 Å². The molecular formula is C12H15F2NO2. The average Bonchev–Trinajstić information content (AvgIpc) is 2.35. The first kappa shape index (κ1) is 12.1. The van der Waals surface area contributed by atoms with Crippen LogP contribution in [0.3, 0.4) is 0 Å². The fourth-order valence-corrected chi connectivity index (χ4v) is 1.81. The Balaban J connectivity index is 2.00. The Labute approximate surface area is 98.5 Å². The van der Waals surface area contributed by atoms with Crippen LogP contribution in [0.4, 0.5) is 14.5 Å². The molecule has 3 nitrogen and oxygen atoms in total. The Hall–Kier alpha value is -1.36. The third kappa shape index (κ3) is 2.85. The molecule has 2 rings (SSSR count). The highest BCUT2D eigenvalue weighted by atomic mass is 19.2. The molecule has 94 valence electrons. The van der Waals surface area contributed by atoms with Crippen LogP contribution in [-0.2, 0) is 4.74 Å². The second kappa shape index (κ2) is 5.31. The van der Waals surface area contributed by atoms with Gasteiger partial charge >= 0.3 is 0 Å². The van der Waals surface area contributed by atoms with Crippen molar-refractivity contribution in [3.63, 3.8) is 0 Å². The lowest BCUT2D eigenvalue weighted by Crippen LogP contribution is -2.26. The zero-order valence-corrected chi connectivity index (χ0v) is 9.42. The van der Waals surface area contributed by atoms with Gasteiger partial charge in [-0.15, -0.1) is 0 Å². The summed E-state index contributed by atoms with van der Waals surface area (Å²) in [5.74, 6) is -2.22. The minimum absolute atomic E-state index is 0.0641. The lowest BCUT2D eigenvalue weighted by atomic mass is 10.1. The van der Waals surface area contributed by atoms with Crippen molar-refractivity contribution in [2.45, 2.75) is 25.4 Å². The number of halogens is 2. The van der Waals surface area contributed by atoms with Crippen LogP contribution < -0.4 is 10.5 Å². The summed E-state index contributed by atoms with van der Waals surface area (Å²) in [6, 6.07) is 2.27. The Kier molecular flexibility index (Phi) is 3.78. The Morgan fingerprint density at radius 1 is 1.35 bits per heavy atom. The van der Waals surface area contributed by atoms with Crippen LogP contribution in [0.25, 0.3) is 0 Å². The van der Waals surface area contributed by atoms with Crippen LogP contribution in [-0.4, -0.2) is 19.3 Å². The molecule has 0 saturated carbocycles. The van der Waals surface area contributed by atoms with Crippen LogP contribution in [0.15, 0.2) is 12.1 Å². The minimum atomic E-state index is -1.04. The molecule has 0 aromatic heterocycles. The predicted octanol–water partition coefficient (Wildman–Crippen LogP) is 2.49. The van der Waals surface area contributed by atoms with Crippen LogP contribution in [0.1, 0.15) is 19.3 Å². The van der Waals surface area contributed by atoms with Gasteiger partial charge in [0.2, 0.25) is 5.82 Å². The first-order valence-electron chi connectivity index (χ1n) is 5.66. The SMILES string of the molecule is Nc1ccc(F)c(F)c1OCC1CCCCO1. The van der Waals surface area contributed by atoms with E-state index >= 15 is 0 Å². The lowest BCUT2D eigenvalue weighted by Gasteiger charge is -2.23. The molecule has 17 heavy (non-hydrogen) atoms. The number of ether oxygens (including phenoxy) is 2. The van der Waals surface area contributed by atoms with Crippen LogP contribution in [0.5, 0.6) is 5.75 Å². The van der Waals surface area contributed by atoms with Crippen molar-refractivity contribution in [1.29, 1.82) is 0 Å². The predicted molar refractivity (Wildman–Crippen MR) is 59.9 cm³/mol. The van der Waals surface area contributed by atoms with Gasteiger partial charge < -0.3 is 15.2 Å². The molecule has 2 N–H and O–H groups in total. The fourth-order valence-electron chi connectivity index (χ4n) is 1.81. The van der Waals surface area contributed by atoms with Crippen LogP contribution in [0.2, 0.25) is 0 Å². The fraction of sp³-hybridized carbons (Fsp3) is 0.500. The maximum atomic E-state index is 13.4. The highest BCUT2D eigenvalue weighted by Crippen LogP contribution is 2.27. The number of nitrogen functional groups attached to an aromatic ring is 1. The molecule has 1 aliphatic heterocycles. The molecule has 0 radical (unpaired) electrons. The number of rotatable bonds is 3. The van der Waals surface area contributed by atoms with E-state index in [9.17, 15) is 8.78 Å². The van der Waals surface area contributed by atoms with E-state index in [4.69, 9.17) is 15.2 Å². The van der Waals surface area contributed by atoms with Crippen molar-refractivity contribution in [3.05, 3.63) is 23.8 Å². The molecule has 0 amide bonds. The van der Waals surface area contributed by atoms with Gasteiger partial charge in [0.1, 0.15) is 6.61 Å². The molecule has 1 fully saturated rings. The van der Waals surface area contributed by atoms with Gasteiger partial charge in [0.05, 0.1) is 11.8 Å². The quantitative estimate of drug-likeness (QED) is 0.829. The molecule has 1 heterocycles. The van der Waals surface area contributed by atoms with Crippen LogP contribution in [0, 0.1) is 11.6 Å². The number of nitrogens with two attached hydrogens (primary N) is 1. The molecule has 1 aromatic carbocycles. The van der Waals surface area contributed by atoms with E-state index in [0.29, 0.717) is 6.61 Å². The van der Waals surface area contributed by atoms with Crippen molar-refractivity contribution < 1.29 is 18.3 Å². The summed E-state index contributed by atoms with van der Waals surface area (Å²) in [4.78, 5) is 0. The summed E-state index contributed by atoms with van der Waals surface area (Å²) in [5, 5.41) is 0. The van der Waals surface area contributed by atoms with Crippen molar-refractivity contribution in [3.8, 4) is 5.75 Å². The standard InChI is InChI=1S/C12H15F2NO2/c13-9-4-5-10(15)12(11(9)14)17-7-8-3-1-2-6-16-8/h4-5,8H,1-3,6-7,15H2. The average molecular weight is 243 g/mol. The van der Waals surface area contributed by atoms with Crippen molar-refractivity contribution >= 4 is 5.69 Å². The Morgan fingerprint density at radius 2 is 2.18 bits per heavy atom. The van der Waals surface area contributed by atoms with E-state index in [1.807, 2.05) is 0 Å². The van der Waals surface area contributed by atoms with Gasteiger partial charge in [-0.05, 0) is 31.4 Å². The first-order chi connectivity index (χ1) is 8.18. The first-order valence-corrected chi connectivity index (χ1v) is 5.66. The van der Waals surface area contributed by atoms with E-state index in [0.717, 1.165) is 25.3 Å². The zero-order chi connectivity index (χ0) is 12.3. The third-order valence-electron chi connectivity index (χ3n) is 2.77. The molecule has 1 atom stereocenters. The highest BCUT2D eigenvalue weighted by Gasteiger charge is 2.18. The second-order valence-corrected chi connectivity index (χ2v) is 4.08. The highest BCUT2D eigenvalue weighted by molar-refractivity contribution is 5.53. The Bertz CT molecular complexity index is 392. The largest absolute Gasteiger partial charge is 0.486 e.